The molecule has 3 aliphatic heterocycles. The van der Waals surface area contributed by atoms with Crippen LogP contribution in [-0.2, 0) is 0 Å². The van der Waals surface area contributed by atoms with Gasteiger partial charge in [-0.25, -0.2) is 0 Å². The Labute approximate surface area is 404 Å². The highest BCUT2D eigenvalue weighted by atomic mass is 15.3. The van der Waals surface area contributed by atoms with Gasteiger partial charge < -0.3 is 29.4 Å². The van der Waals surface area contributed by atoms with Crippen molar-refractivity contribution in [3.05, 3.63) is 237 Å². The molecule has 3 heterocycles. The summed E-state index contributed by atoms with van der Waals surface area (Å²) in [7, 11) is 6.48. The topological polar surface area (TPSA) is 19.4 Å². The number of hydrogen-bond acceptors (Lipinski definition) is 6. The first-order valence-corrected chi connectivity index (χ1v) is 23.6. The van der Waals surface area contributed by atoms with Crippen LogP contribution >= 0.6 is 0 Å². The predicted molar refractivity (Wildman–Crippen MR) is 291 cm³/mol. The summed E-state index contributed by atoms with van der Waals surface area (Å²) in [4.78, 5) is 14.1. The number of para-hydroxylation sites is 12. The second kappa shape index (κ2) is 16.1. The number of anilines is 15. The molecule has 0 amide bonds. The zero-order chi connectivity index (χ0) is 46.2. The van der Waals surface area contributed by atoms with E-state index < -0.39 is 0 Å². The minimum Gasteiger partial charge on any atom is -0.341 e. The van der Waals surface area contributed by atoms with Gasteiger partial charge in [-0.1, -0.05) is 127 Å². The fraction of sp³-hybridized carbons (Fsp3) is 0.0476. The van der Waals surface area contributed by atoms with Crippen LogP contribution in [0.15, 0.2) is 237 Å². The Hall–Kier alpha value is -9.00. The molecule has 0 atom stereocenters. The van der Waals surface area contributed by atoms with Crippen LogP contribution in [0.2, 0.25) is 0 Å². The van der Waals surface area contributed by atoms with Gasteiger partial charge in [0.25, 0.3) is 0 Å². The van der Waals surface area contributed by atoms with Gasteiger partial charge in [-0.3, -0.25) is 0 Å². The first-order valence-electron chi connectivity index (χ1n) is 23.6. The molecule has 0 bridgehead atoms. The van der Waals surface area contributed by atoms with Crippen molar-refractivity contribution in [2.45, 2.75) is 0 Å². The third-order valence-electron chi connectivity index (χ3n) is 14.2. The van der Waals surface area contributed by atoms with Gasteiger partial charge in [0.1, 0.15) is 0 Å². The highest BCUT2D eigenvalue weighted by Gasteiger charge is 2.31. The van der Waals surface area contributed by atoms with Gasteiger partial charge in [-0.2, -0.15) is 0 Å². The third-order valence-corrected chi connectivity index (χ3v) is 14.2. The van der Waals surface area contributed by atoms with Crippen LogP contribution in [0.3, 0.4) is 0 Å². The predicted octanol–water partition coefficient (Wildman–Crippen LogP) is 17.3. The first-order chi connectivity index (χ1) is 34.0. The Balaban J connectivity index is 1.02. The smallest absolute Gasteiger partial charge is 0.0699 e. The quantitative estimate of drug-likeness (QED) is 0.164. The van der Waals surface area contributed by atoms with Gasteiger partial charge in [0.15, 0.2) is 0 Å². The molecule has 6 heteroatoms. The Morgan fingerprint density at radius 3 is 0.739 bits per heavy atom. The molecule has 6 nitrogen and oxygen atoms in total. The molecule has 69 heavy (non-hydrogen) atoms. The van der Waals surface area contributed by atoms with Crippen LogP contribution in [0.5, 0.6) is 0 Å². The fourth-order valence-corrected chi connectivity index (χ4v) is 11.0. The normalized spacial score (nSPS) is 13.3. The summed E-state index contributed by atoms with van der Waals surface area (Å²) in [5.41, 5.74) is 24.0. The monoisotopic (exact) mass is 888 g/mol. The molecule has 0 spiro atoms. The molecule has 0 aliphatic carbocycles. The van der Waals surface area contributed by atoms with Gasteiger partial charge in [0.05, 0.1) is 68.2 Å². The summed E-state index contributed by atoms with van der Waals surface area (Å²) in [5.74, 6) is 0. The van der Waals surface area contributed by atoms with Crippen LogP contribution in [0, 0.1) is 0 Å². The molecular formula is C63H48N6. The Morgan fingerprint density at radius 1 is 0.217 bits per heavy atom. The molecule has 3 aliphatic rings. The summed E-state index contributed by atoms with van der Waals surface area (Å²) >= 11 is 0. The van der Waals surface area contributed by atoms with E-state index in [0.717, 1.165) is 90.4 Å². The number of nitrogens with zero attached hydrogens (tertiary/aromatic N) is 6. The largest absolute Gasteiger partial charge is 0.341 e. The van der Waals surface area contributed by atoms with E-state index in [2.05, 4.69) is 287 Å². The maximum atomic E-state index is 2.42. The maximum absolute atomic E-state index is 2.42. The van der Waals surface area contributed by atoms with E-state index in [0.29, 0.717) is 0 Å². The Kier molecular flexibility index (Phi) is 9.41. The van der Waals surface area contributed by atoms with E-state index in [1.165, 1.54) is 28.3 Å². The lowest BCUT2D eigenvalue weighted by Crippen LogP contribution is -2.24. The minimum atomic E-state index is 1.10. The SMILES string of the molecule is CN1c2ccccc2N(c2cccc(-c3cccc(-c4cccc(N5c6ccccc6N(C)c6ccccc65)c4)c3-c3cccc(N4c5ccccc5N(C)c5ccccc54)c3)c2)c2ccccc21. The third kappa shape index (κ3) is 6.40. The maximum Gasteiger partial charge on any atom is 0.0699 e. The Bertz CT molecular complexity index is 3330. The van der Waals surface area contributed by atoms with E-state index in [1.807, 2.05) is 0 Å². The zero-order valence-electron chi connectivity index (χ0n) is 38.7. The second-order valence-electron chi connectivity index (χ2n) is 18.0. The fourth-order valence-electron chi connectivity index (χ4n) is 11.0. The van der Waals surface area contributed by atoms with E-state index in [-0.39, 0.29) is 0 Å². The summed E-state index contributed by atoms with van der Waals surface area (Å²) in [6.07, 6.45) is 0. The Morgan fingerprint density at radius 2 is 0.449 bits per heavy atom. The molecule has 10 aromatic rings. The molecule has 330 valence electrons. The van der Waals surface area contributed by atoms with Crippen LogP contribution < -0.4 is 29.4 Å². The van der Waals surface area contributed by atoms with E-state index in [9.17, 15) is 0 Å². The van der Waals surface area contributed by atoms with Crippen molar-refractivity contribution in [3.63, 3.8) is 0 Å². The van der Waals surface area contributed by atoms with Crippen LogP contribution in [0.25, 0.3) is 33.4 Å². The highest BCUT2D eigenvalue weighted by molar-refractivity contribution is 6.03. The van der Waals surface area contributed by atoms with E-state index in [1.54, 1.807) is 0 Å². The number of benzene rings is 10. The van der Waals surface area contributed by atoms with Crippen LogP contribution in [0.4, 0.5) is 85.3 Å². The van der Waals surface area contributed by atoms with Crippen molar-refractivity contribution in [1.82, 2.24) is 0 Å². The molecule has 0 fully saturated rings. The van der Waals surface area contributed by atoms with Crippen molar-refractivity contribution in [3.8, 4) is 33.4 Å². The summed E-state index contributed by atoms with van der Waals surface area (Å²) < 4.78 is 0. The molecule has 0 N–H and O–H groups in total. The lowest BCUT2D eigenvalue weighted by atomic mass is 9.87. The number of hydrogen-bond donors (Lipinski definition) is 0. The molecule has 0 saturated carbocycles. The van der Waals surface area contributed by atoms with E-state index >= 15 is 0 Å². The number of fused-ring (bicyclic) bond motifs is 6. The zero-order valence-corrected chi connectivity index (χ0v) is 38.7. The molecule has 0 saturated heterocycles. The molecule has 10 aromatic carbocycles. The summed E-state index contributed by atoms with van der Waals surface area (Å²) in [5, 5.41) is 0. The molecule has 0 aromatic heterocycles. The van der Waals surface area contributed by atoms with Crippen LogP contribution in [0.1, 0.15) is 0 Å². The van der Waals surface area contributed by atoms with Crippen molar-refractivity contribution < 1.29 is 0 Å². The minimum absolute atomic E-state index is 1.10. The van der Waals surface area contributed by atoms with Crippen molar-refractivity contribution in [2.24, 2.45) is 0 Å². The lowest BCUT2D eigenvalue weighted by molar-refractivity contribution is 1.13. The van der Waals surface area contributed by atoms with Gasteiger partial charge in [-0.15, -0.1) is 0 Å². The van der Waals surface area contributed by atoms with Crippen molar-refractivity contribution >= 4 is 85.3 Å². The number of rotatable bonds is 6. The van der Waals surface area contributed by atoms with Gasteiger partial charge >= 0.3 is 0 Å². The summed E-state index contributed by atoms with van der Waals surface area (Å²) in [6, 6.07) is 86.3. The average molecular weight is 889 g/mol. The van der Waals surface area contributed by atoms with Crippen molar-refractivity contribution in [1.29, 1.82) is 0 Å². The molecule has 13 rings (SSSR count). The van der Waals surface area contributed by atoms with Gasteiger partial charge in [0.2, 0.25) is 0 Å². The average Bonchev–Trinajstić information content (AvgIpc) is 3.41. The molecular weight excluding hydrogens is 841 g/mol. The van der Waals surface area contributed by atoms with E-state index in [4.69, 9.17) is 0 Å². The van der Waals surface area contributed by atoms with Crippen molar-refractivity contribution in [2.75, 3.05) is 50.5 Å². The lowest BCUT2D eigenvalue weighted by Gasteiger charge is -2.39. The van der Waals surface area contributed by atoms with Gasteiger partial charge in [-0.05, 0) is 143 Å². The highest BCUT2D eigenvalue weighted by Crippen LogP contribution is 2.55. The van der Waals surface area contributed by atoms with Gasteiger partial charge in [0, 0.05) is 38.2 Å². The molecule has 0 unspecified atom stereocenters. The first kappa shape index (κ1) is 40.3. The van der Waals surface area contributed by atoms with Crippen LogP contribution in [-0.4, -0.2) is 21.1 Å². The molecule has 0 radical (unpaired) electrons. The standard InChI is InChI=1S/C63H48N6/c1-64-51-28-4-10-34-57(51)67(58-35-11-5-29-52(58)64)46-23-16-20-43(40-46)49-26-19-27-50(44-21-17-24-47(41-44)68-59-36-12-6-30-53(59)65(2)54-31-7-13-37-60(54)68)63(49)45-22-18-25-48(42-45)69-61-38-14-8-32-55(61)66(3)56-33-9-15-39-62(56)69/h4-42H,1-3H3. The summed E-state index contributed by atoms with van der Waals surface area (Å²) in [6.45, 7) is 0. The second-order valence-corrected chi connectivity index (χ2v) is 18.0.